The molecule has 0 spiro atoms. The summed E-state index contributed by atoms with van der Waals surface area (Å²) in [5, 5.41) is 12.4. The standard InChI is InChI=1S/C18H16Cl2N4O3S2/c1-11(24(29(2,26)27)15-5-3-4-14(20)10-15)16(25)21-18-23-22-17(28-18)12-6-8-13(19)9-7-12/h3-11H,1-2H3,(H,21,23,25)/t11-/m1/s1. The second-order valence-electron chi connectivity index (χ2n) is 6.12. The van der Waals surface area contributed by atoms with Crippen molar-refractivity contribution in [1.29, 1.82) is 0 Å². The first-order valence-electron chi connectivity index (χ1n) is 8.30. The number of carbonyl (C=O) groups excluding carboxylic acids is 1. The summed E-state index contributed by atoms with van der Waals surface area (Å²) in [6.07, 6.45) is 1.03. The third kappa shape index (κ3) is 5.24. The fraction of sp³-hybridized carbons (Fsp3) is 0.167. The van der Waals surface area contributed by atoms with E-state index < -0.39 is 22.0 Å². The number of anilines is 2. The van der Waals surface area contributed by atoms with Gasteiger partial charge in [0.05, 0.1) is 11.9 Å². The van der Waals surface area contributed by atoms with Gasteiger partial charge in [-0.05, 0) is 37.3 Å². The van der Waals surface area contributed by atoms with Crippen LogP contribution in [0.3, 0.4) is 0 Å². The first-order valence-corrected chi connectivity index (χ1v) is 11.7. The molecular formula is C18H16Cl2N4O3S2. The molecule has 1 aromatic heterocycles. The van der Waals surface area contributed by atoms with Crippen molar-refractivity contribution in [2.24, 2.45) is 0 Å². The van der Waals surface area contributed by atoms with Gasteiger partial charge in [-0.25, -0.2) is 8.42 Å². The molecule has 0 aliphatic heterocycles. The maximum atomic E-state index is 12.7. The van der Waals surface area contributed by atoms with Crippen molar-refractivity contribution in [3.05, 3.63) is 58.6 Å². The zero-order valence-electron chi connectivity index (χ0n) is 15.3. The van der Waals surface area contributed by atoms with Gasteiger partial charge < -0.3 is 0 Å². The topological polar surface area (TPSA) is 92.3 Å². The second-order valence-corrected chi connectivity index (χ2v) is 9.83. The quantitative estimate of drug-likeness (QED) is 0.579. The molecule has 0 bridgehead atoms. The molecule has 1 amide bonds. The summed E-state index contributed by atoms with van der Waals surface area (Å²) in [6.45, 7) is 1.48. The van der Waals surface area contributed by atoms with Crippen molar-refractivity contribution in [1.82, 2.24) is 10.2 Å². The lowest BCUT2D eigenvalue weighted by Gasteiger charge is -2.27. The smallest absolute Gasteiger partial charge is 0.249 e. The predicted molar refractivity (Wildman–Crippen MR) is 117 cm³/mol. The van der Waals surface area contributed by atoms with Crippen molar-refractivity contribution in [2.45, 2.75) is 13.0 Å². The molecule has 0 radical (unpaired) electrons. The number of nitrogens with zero attached hydrogens (tertiary/aromatic N) is 3. The number of nitrogens with one attached hydrogen (secondary N) is 1. The molecule has 11 heteroatoms. The number of carbonyl (C=O) groups is 1. The van der Waals surface area contributed by atoms with Crippen LogP contribution < -0.4 is 9.62 Å². The van der Waals surface area contributed by atoms with Crippen molar-refractivity contribution in [3.8, 4) is 10.6 Å². The van der Waals surface area contributed by atoms with E-state index in [1.165, 1.54) is 24.3 Å². The molecule has 3 rings (SSSR count). The monoisotopic (exact) mass is 470 g/mol. The Bertz CT molecular complexity index is 1130. The van der Waals surface area contributed by atoms with Gasteiger partial charge in [-0.1, -0.05) is 52.7 Å². The lowest BCUT2D eigenvalue weighted by Crippen LogP contribution is -2.45. The molecule has 1 atom stereocenters. The lowest BCUT2D eigenvalue weighted by molar-refractivity contribution is -0.116. The highest BCUT2D eigenvalue weighted by Gasteiger charge is 2.30. The number of hydrogen-bond donors (Lipinski definition) is 1. The van der Waals surface area contributed by atoms with Crippen LogP contribution in [0.2, 0.25) is 10.0 Å². The lowest BCUT2D eigenvalue weighted by atomic mass is 10.2. The van der Waals surface area contributed by atoms with Crippen LogP contribution in [0, 0.1) is 0 Å². The fourth-order valence-corrected chi connectivity index (χ4v) is 4.84. The van der Waals surface area contributed by atoms with Gasteiger partial charge in [0.25, 0.3) is 0 Å². The van der Waals surface area contributed by atoms with Crippen molar-refractivity contribution in [2.75, 3.05) is 15.9 Å². The zero-order valence-corrected chi connectivity index (χ0v) is 18.5. The van der Waals surface area contributed by atoms with E-state index in [9.17, 15) is 13.2 Å². The second kappa shape index (κ2) is 8.66. The minimum absolute atomic E-state index is 0.256. The van der Waals surface area contributed by atoms with E-state index in [4.69, 9.17) is 23.2 Å². The van der Waals surface area contributed by atoms with Crippen LogP contribution in [0.15, 0.2) is 48.5 Å². The van der Waals surface area contributed by atoms with Gasteiger partial charge in [-0.2, -0.15) is 0 Å². The zero-order chi connectivity index (χ0) is 21.2. The predicted octanol–water partition coefficient (Wildman–Crippen LogP) is 4.31. The maximum Gasteiger partial charge on any atom is 0.249 e. The summed E-state index contributed by atoms with van der Waals surface area (Å²) < 4.78 is 25.7. The number of amides is 1. The number of hydrogen-bond acceptors (Lipinski definition) is 6. The summed E-state index contributed by atoms with van der Waals surface area (Å²) in [6, 6.07) is 12.3. The number of halogens is 2. The Morgan fingerprint density at radius 1 is 1.10 bits per heavy atom. The van der Waals surface area contributed by atoms with Crippen LogP contribution in [-0.4, -0.2) is 36.8 Å². The Morgan fingerprint density at radius 3 is 2.41 bits per heavy atom. The Kier molecular flexibility index (Phi) is 6.42. The van der Waals surface area contributed by atoms with Crippen LogP contribution >= 0.6 is 34.5 Å². The minimum Gasteiger partial charge on any atom is -0.299 e. The Hall–Kier alpha value is -2.20. The van der Waals surface area contributed by atoms with Gasteiger partial charge in [0, 0.05) is 15.6 Å². The maximum absolute atomic E-state index is 12.7. The first-order chi connectivity index (χ1) is 13.6. The molecule has 0 aliphatic carbocycles. The fourth-order valence-electron chi connectivity index (χ4n) is 2.61. The van der Waals surface area contributed by atoms with Crippen LogP contribution in [0.25, 0.3) is 10.6 Å². The third-order valence-electron chi connectivity index (χ3n) is 3.90. The highest BCUT2D eigenvalue weighted by atomic mass is 35.5. The highest BCUT2D eigenvalue weighted by Crippen LogP contribution is 2.28. The van der Waals surface area contributed by atoms with E-state index in [-0.39, 0.29) is 5.13 Å². The highest BCUT2D eigenvalue weighted by molar-refractivity contribution is 7.92. The van der Waals surface area contributed by atoms with E-state index in [0.717, 1.165) is 16.1 Å². The molecular weight excluding hydrogens is 455 g/mol. The van der Waals surface area contributed by atoms with E-state index in [0.29, 0.717) is 20.7 Å². The summed E-state index contributed by atoms with van der Waals surface area (Å²) in [5.74, 6) is -0.547. The first kappa shape index (κ1) is 21.5. The normalized spacial score (nSPS) is 12.4. The molecule has 2 aromatic carbocycles. The van der Waals surface area contributed by atoms with Crippen LogP contribution in [0.1, 0.15) is 6.92 Å². The van der Waals surface area contributed by atoms with Crippen molar-refractivity contribution >= 4 is 61.3 Å². The molecule has 152 valence electrons. The van der Waals surface area contributed by atoms with E-state index in [1.807, 2.05) is 0 Å². The number of aromatic nitrogens is 2. The molecule has 7 nitrogen and oxygen atoms in total. The summed E-state index contributed by atoms with van der Waals surface area (Å²) in [5.41, 5.74) is 1.10. The van der Waals surface area contributed by atoms with Gasteiger partial charge in [-0.15, -0.1) is 10.2 Å². The van der Waals surface area contributed by atoms with Crippen LogP contribution in [0.4, 0.5) is 10.8 Å². The molecule has 1 N–H and O–H groups in total. The summed E-state index contributed by atoms with van der Waals surface area (Å²) in [4.78, 5) is 12.7. The Morgan fingerprint density at radius 2 is 1.79 bits per heavy atom. The molecule has 0 unspecified atom stereocenters. The van der Waals surface area contributed by atoms with Crippen molar-refractivity contribution < 1.29 is 13.2 Å². The largest absolute Gasteiger partial charge is 0.299 e. The molecule has 0 saturated carbocycles. The van der Waals surface area contributed by atoms with Crippen molar-refractivity contribution in [3.63, 3.8) is 0 Å². The number of sulfonamides is 1. The third-order valence-corrected chi connectivity index (χ3v) is 6.51. The van der Waals surface area contributed by atoms with Gasteiger partial charge in [0.1, 0.15) is 11.0 Å². The average Bonchev–Trinajstić information content (AvgIpc) is 3.09. The van der Waals surface area contributed by atoms with E-state index in [2.05, 4.69) is 15.5 Å². The van der Waals surface area contributed by atoms with Gasteiger partial charge >= 0.3 is 0 Å². The molecule has 1 heterocycles. The molecule has 29 heavy (non-hydrogen) atoms. The summed E-state index contributed by atoms with van der Waals surface area (Å²) in [7, 11) is -3.74. The number of benzene rings is 2. The van der Waals surface area contributed by atoms with Gasteiger partial charge in [-0.3, -0.25) is 14.4 Å². The van der Waals surface area contributed by atoms with Crippen LogP contribution in [-0.2, 0) is 14.8 Å². The molecule has 0 saturated heterocycles. The summed E-state index contributed by atoms with van der Waals surface area (Å²) >= 11 is 13.0. The van der Waals surface area contributed by atoms with Crippen LogP contribution in [0.5, 0.6) is 0 Å². The average molecular weight is 471 g/mol. The van der Waals surface area contributed by atoms with Gasteiger partial charge in [0.2, 0.25) is 21.1 Å². The Balaban J connectivity index is 1.81. The van der Waals surface area contributed by atoms with E-state index >= 15 is 0 Å². The van der Waals surface area contributed by atoms with Gasteiger partial charge in [0.15, 0.2) is 0 Å². The molecule has 0 fully saturated rings. The SMILES string of the molecule is C[C@H](C(=O)Nc1nnc(-c2ccc(Cl)cc2)s1)N(c1cccc(Cl)c1)S(C)(=O)=O. The Labute approximate surface area is 182 Å². The molecule has 0 aliphatic rings. The van der Waals surface area contributed by atoms with E-state index in [1.54, 1.807) is 42.5 Å². The number of rotatable bonds is 6. The molecule has 3 aromatic rings. The minimum atomic E-state index is -3.74.